The van der Waals surface area contributed by atoms with Crippen molar-refractivity contribution in [2.24, 2.45) is 0 Å². The summed E-state index contributed by atoms with van der Waals surface area (Å²) in [6.45, 7) is -0.150. The number of halogens is 2. The number of carboxylic acid groups (broad SMARTS) is 1. The number of anilines is 1. The van der Waals surface area contributed by atoms with Crippen LogP contribution in [0.3, 0.4) is 0 Å². The van der Waals surface area contributed by atoms with Crippen LogP contribution in [0.5, 0.6) is 0 Å². The Morgan fingerprint density at radius 3 is 2.79 bits per heavy atom. The second-order valence-corrected chi connectivity index (χ2v) is 4.31. The number of nitrogens with one attached hydrogen (secondary N) is 2. The molecule has 8 heteroatoms. The van der Waals surface area contributed by atoms with Crippen LogP contribution in [-0.2, 0) is 9.53 Å². The van der Waals surface area contributed by atoms with E-state index >= 15 is 0 Å². The maximum atomic E-state index is 12.9. The lowest BCUT2D eigenvalue weighted by Gasteiger charge is -2.08. The zero-order chi connectivity index (χ0) is 14.3. The van der Waals surface area contributed by atoms with Crippen LogP contribution in [0.2, 0.25) is 0 Å². The predicted molar refractivity (Wildman–Crippen MR) is 69.6 cm³/mol. The SMILES string of the molecule is O=C(O)COCCNC(=O)Nc1ccc(F)c(Br)c1. The summed E-state index contributed by atoms with van der Waals surface area (Å²) < 4.78 is 17.9. The third kappa shape index (κ3) is 6.16. The normalized spacial score (nSPS) is 10.0. The lowest BCUT2D eigenvalue weighted by molar-refractivity contribution is -0.142. The van der Waals surface area contributed by atoms with Crippen LogP contribution in [0.15, 0.2) is 22.7 Å². The Morgan fingerprint density at radius 1 is 1.42 bits per heavy atom. The van der Waals surface area contributed by atoms with E-state index in [0.29, 0.717) is 5.69 Å². The molecule has 3 N–H and O–H groups in total. The molecule has 0 aliphatic carbocycles. The van der Waals surface area contributed by atoms with Crippen molar-refractivity contribution in [1.82, 2.24) is 5.32 Å². The third-order valence-corrected chi connectivity index (χ3v) is 2.54. The molecule has 6 nitrogen and oxygen atoms in total. The minimum absolute atomic E-state index is 0.0901. The molecule has 0 aliphatic rings. The first-order chi connectivity index (χ1) is 8.99. The summed E-state index contributed by atoms with van der Waals surface area (Å²) in [6, 6.07) is 3.57. The summed E-state index contributed by atoms with van der Waals surface area (Å²) in [5.41, 5.74) is 0.428. The van der Waals surface area contributed by atoms with Crippen LogP contribution < -0.4 is 10.6 Å². The van der Waals surface area contributed by atoms with E-state index in [9.17, 15) is 14.0 Å². The van der Waals surface area contributed by atoms with E-state index in [1.54, 1.807) is 0 Å². The molecule has 2 amide bonds. The maximum absolute atomic E-state index is 12.9. The molecule has 0 bridgehead atoms. The van der Waals surface area contributed by atoms with Crippen molar-refractivity contribution in [3.8, 4) is 0 Å². The maximum Gasteiger partial charge on any atom is 0.329 e. The highest BCUT2D eigenvalue weighted by Gasteiger charge is 2.04. The van der Waals surface area contributed by atoms with Crippen LogP contribution >= 0.6 is 15.9 Å². The molecule has 0 radical (unpaired) electrons. The lowest BCUT2D eigenvalue weighted by Crippen LogP contribution is -2.32. The van der Waals surface area contributed by atoms with E-state index < -0.39 is 24.4 Å². The molecular formula is C11H12BrFN2O4. The van der Waals surface area contributed by atoms with Crippen molar-refractivity contribution < 1.29 is 23.8 Å². The molecule has 104 valence electrons. The van der Waals surface area contributed by atoms with E-state index in [0.717, 1.165) is 0 Å². The minimum atomic E-state index is -1.07. The van der Waals surface area contributed by atoms with Gasteiger partial charge in [0.05, 0.1) is 11.1 Å². The summed E-state index contributed by atoms with van der Waals surface area (Å²) in [5.74, 6) is -1.49. The van der Waals surface area contributed by atoms with Crippen molar-refractivity contribution in [2.75, 3.05) is 25.1 Å². The third-order valence-electron chi connectivity index (χ3n) is 1.93. The fourth-order valence-electron chi connectivity index (χ4n) is 1.15. The van der Waals surface area contributed by atoms with Crippen LogP contribution in [0.25, 0.3) is 0 Å². The van der Waals surface area contributed by atoms with Crippen LogP contribution in [0.4, 0.5) is 14.9 Å². The number of hydrogen-bond donors (Lipinski definition) is 3. The van der Waals surface area contributed by atoms with Crippen molar-refractivity contribution in [2.45, 2.75) is 0 Å². The lowest BCUT2D eigenvalue weighted by atomic mass is 10.3. The Balaban J connectivity index is 2.27. The van der Waals surface area contributed by atoms with E-state index in [1.807, 2.05) is 0 Å². The van der Waals surface area contributed by atoms with Gasteiger partial charge in [-0.3, -0.25) is 0 Å². The average molecular weight is 335 g/mol. The second-order valence-electron chi connectivity index (χ2n) is 3.46. The van der Waals surface area contributed by atoms with Gasteiger partial charge in [0.2, 0.25) is 0 Å². The number of hydrogen-bond acceptors (Lipinski definition) is 3. The van der Waals surface area contributed by atoms with Gasteiger partial charge in [-0.2, -0.15) is 0 Å². The highest BCUT2D eigenvalue weighted by molar-refractivity contribution is 9.10. The fraction of sp³-hybridized carbons (Fsp3) is 0.273. The Hall–Kier alpha value is -1.67. The quantitative estimate of drug-likeness (QED) is 0.692. The molecule has 0 atom stereocenters. The van der Waals surface area contributed by atoms with Gasteiger partial charge in [0.1, 0.15) is 12.4 Å². The Labute approximate surface area is 117 Å². The number of carbonyl (C=O) groups excluding carboxylic acids is 1. The summed E-state index contributed by atoms with van der Waals surface area (Å²) in [4.78, 5) is 21.5. The topological polar surface area (TPSA) is 87.7 Å². The number of amides is 2. The smallest absolute Gasteiger partial charge is 0.329 e. The number of rotatable bonds is 6. The summed E-state index contributed by atoms with van der Waals surface area (Å²) in [5, 5.41) is 13.3. The number of aliphatic carboxylic acids is 1. The van der Waals surface area contributed by atoms with Gasteiger partial charge in [-0.05, 0) is 34.1 Å². The van der Waals surface area contributed by atoms with Crippen molar-refractivity contribution in [1.29, 1.82) is 0 Å². The molecule has 0 aromatic heterocycles. The molecule has 1 aromatic rings. The first-order valence-electron chi connectivity index (χ1n) is 5.28. The number of carboxylic acids is 1. The van der Waals surface area contributed by atoms with Crippen LogP contribution in [0.1, 0.15) is 0 Å². The van der Waals surface area contributed by atoms with Gasteiger partial charge in [-0.15, -0.1) is 0 Å². The standard InChI is InChI=1S/C11H12BrFN2O4/c12-8-5-7(1-2-9(8)13)15-11(18)14-3-4-19-6-10(16)17/h1-2,5H,3-4,6H2,(H,16,17)(H2,14,15,18). The second kappa shape index (κ2) is 7.70. The minimum Gasteiger partial charge on any atom is -0.480 e. The molecular weight excluding hydrogens is 323 g/mol. The Kier molecular flexibility index (Phi) is 6.23. The summed E-state index contributed by atoms with van der Waals surface area (Å²) in [6.07, 6.45) is 0. The molecule has 1 aromatic carbocycles. The fourth-order valence-corrected chi connectivity index (χ4v) is 1.52. The van der Waals surface area contributed by atoms with E-state index in [2.05, 4.69) is 26.6 Å². The van der Waals surface area contributed by atoms with E-state index in [4.69, 9.17) is 9.84 Å². The van der Waals surface area contributed by atoms with Crippen LogP contribution in [-0.4, -0.2) is 36.9 Å². The molecule has 0 saturated heterocycles. The Morgan fingerprint density at radius 2 is 2.16 bits per heavy atom. The van der Waals surface area contributed by atoms with Crippen LogP contribution in [0, 0.1) is 5.82 Å². The number of carbonyl (C=O) groups is 2. The van der Waals surface area contributed by atoms with Gasteiger partial charge >= 0.3 is 12.0 Å². The van der Waals surface area contributed by atoms with Gasteiger partial charge < -0.3 is 20.5 Å². The first kappa shape index (κ1) is 15.4. The van der Waals surface area contributed by atoms with Gasteiger partial charge in [0.15, 0.2) is 0 Å². The molecule has 0 spiro atoms. The predicted octanol–water partition coefficient (Wildman–Crippen LogP) is 1.81. The molecule has 19 heavy (non-hydrogen) atoms. The molecule has 0 unspecified atom stereocenters. The first-order valence-corrected chi connectivity index (χ1v) is 6.08. The largest absolute Gasteiger partial charge is 0.480 e. The molecule has 0 saturated carbocycles. The van der Waals surface area contributed by atoms with Crippen molar-refractivity contribution in [3.63, 3.8) is 0 Å². The van der Waals surface area contributed by atoms with Crippen molar-refractivity contribution in [3.05, 3.63) is 28.5 Å². The molecule has 0 heterocycles. The Bertz CT molecular complexity index is 470. The number of urea groups is 1. The van der Waals surface area contributed by atoms with Gasteiger partial charge in [0, 0.05) is 12.2 Å². The van der Waals surface area contributed by atoms with E-state index in [1.165, 1.54) is 18.2 Å². The monoisotopic (exact) mass is 334 g/mol. The van der Waals surface area contributed by atoms with Crippen molar-refractivity contribution >= 4 is 33.6 Å². The summed E-state index contributed by atoms with van der Waals surface area (Å²) in [7, 11) is 0. The number of benzene rings is 1. The summed E-state index contributed by atoms with van der Waals surface area (Å²) >= 11 is 3.00. The number of ether oxygens (including phenoxy) is 1. The molecule has 0 fully saturated rings. The average Bonchev–Trinajstić information content (AvgIpc) is 2.33. The van der Waals surface area contributed by atoms with Gasteiger partial charge in [-0.1, -0.05) is 0 Å². The highest BCUT2D eigenvalue weighted by Crippen LogP contribution is 2.19. The molecule has 1 rings (SSSR count). The highest BCUT2D eigenvalue weighted by atomic mass is 79.9. The van der Waals surface area contributed by atoms with Gasteiger partial charge in [0.25, 0.3) is 0 Å². The zero-order valence-corrected chi connectivity index (χ0v) is 11.4. The van der Waals surface area contributed by atoms with E-state index in [-0.39, 0.29) is 17.6 Å². The van der Waals surface area contributed by atoms with Gasteiger partial charge in [-0.25, -0.2) is 14.0 Å². The zero-order valence-electron chi connectivity index (χ0n) is 9.78. The molecule has 0 aliphatic heterocycles.